The smallest absolute Gasteiger partial charge is 0.435 e. The number of fused-ring (bicyclic) bond motifs is 1. The van der Waals surface area contributed by atoms with Crippen molar-refractivity contribution in [2.45, 2.75) is 51.0 Å². The number of carbonyl (C=O) groups excluding carboxylic acids is 3. The number of likely N-dealkylation sites (N-methyl/N-ethyl adjacent to an activating group) is 1. The number of aryl methyl sites for hydroxylation is 1. The van der Waals surface area contributed by atoms with Gasteiger partial charge >= 0.3 is 6.18 Å². The van der Waals surface area contributed by atoms with Gasteiger partial charge in [-0.15, -0.1) is 5.01 Å². The fraction of sp³-hybridized carbons (Fsp3) is 0.273. The first-order valence-electron chi connectivity index (χ1n) is 15.4. The van der Waals surface area contributed by atoms with E-state index in [1.807, 2.05) is 11.6 Å². The molecule has 5 rings (SSSR count). The molecule has 14 nitrogen and oxygen atoms in total. The maximum atomic E-state index is 13.6. The predicted molar refractivity (Wildman–Crippen MR) is 174 cm³/mol. The lowest BCUT2D eigenvalue weighted by Gasteiger charge is -2.26. The van der Waals surface area contributed by atoms with Crippen LogP contribution < -0.4 is 4.72 Å². The number of rotatable bonds is 11. The summed E-state index contributed by atoms with van der Waals surface area (Å²) in [7, 11) is -3.40. The standard InChI is InChI=1S/C33H32F3N7O7S/c1-19(2)29(40(5)43(47)39-50-21(4)41-31(45)25-8-6-7-9-26(25)32(41)46)30(44)38-51(48,49)24-16-14-23(15-17-24)42-27(18-28(37-42)33(34,35)36)22-12-10-20(3)11-13-22/h6-19,21,29H,1-5H3,(H,38,44)/b43-39-/t21?,29-/m0/s1. The minimum atomic E-state index is -4.74. The van der Waals surface area contributed by atoms with Gasteiger partial charge in [0.25, 0.3) is 27.7 Å². The highest BCUT2D eigenvalue weighted by molar-refractivity contribution is 7.90. The summed E-state index contributed by atoms with van der Waals surface area (Å²) < 4.78 is 70.3. The Morgan fingerprint density at radius 2 is 1.55 bits per heavy atom. The lowest BCUT2D eigenvalue weighted by Crippen LogP contribution is -2.52. The zero-order valence-corrected chi connectivity index (χ0v) is 28.6. The number of hydrogen-bond donors (Lipinski definition) is 1. The normalized spacial score (nSPS) is 14.8. The predicted octanol–water partition coefficient (Wildman–Crippen LogP) is 5.08. The van der Waals surface area contributed by atoms with Crippen LogP contribution in [0.25, 0.3) is 16.9 Å². The number of alkyl halides is 3. The molecule has 0 spiro atoms. The zero-order chi connectivity index (χ0) is 37.4. The molecule has 1 N–H and O–H groups in total. The second-order valence-electron chi connectivity index (χ2n) is 12.0. The van der Waals surface area contributed by atoms with Crippen LogP contribution in [0.15, 0.2) is 89.0 Å². The highest BCUT2D eigenvalue weighted by Crippen LogP contribution is 2.33. The van der Waals surface area contributed by atoms with E-state index >= 15 is 0 Å². The third-order valence-corrected chi connectivity index (χ3v) is 9.37. The van der Waals surface area contributed by atoms with Crippen molar-refractivity contribution in [3.8, 4) is 16.9 Å². The molecule has 1 aromatic heterocycles. The quantitative estimate of drug-likeness (QED) is 0.0959. The van der Waals surface area contributed by atoms with E-state index in [2.05, 4.69) is 10.4 Å². The molecule has 51 heavy (non-hydrogen) atoms. The van der Waals surface area contributed by atoms with Gasteiger partial charge in [-0.25, -0.2) is 22.7 Å². The van der Waals surface area contributed by atoms with Gasteiger partial charge in [0, 0.05) is 5.56 Å². The summed E-state index contributed by atoms with van der Waals surface area (Å²) in [5, 5.41) is 20.7. The van der Waals surface area contributed by atoms with Crippen LogP contribution in [0, 0.1) is 18.0 Å². The number of nitrogens with zero attached hydrogens (tertiary/aromatic N) is 6. The van der Waals surface area contributed by atoms with E-state index in [0.717, 1.165) is 45.4 Å². The molecule has 4 aromatic rings. The Bertz CT molecular complexity index is 2080. The van der Waals surface area contributed by atoms with Crippen LogP contribution in [0.5, 0.6) is 0 Å². The lowest BCUT2D eigenvalue weighted by atomic mass is 10.0. The van der Waals surface area contributed by atoms with Crippen molar-refractivity contribution < 1.29 is 45.8 Å². The molecule has 1 aliphatic heterocycles. The van der Waals surface area contributed by atoms with E-state index in [-0.39, 0.29) is 27.5 Å². The van der Waals surface area contributed by atoms with Crippen LogP contribution in [0.1, 0.15) is 52.7 Å². The summed E-state index contributed by atoms with van der Waals surface area (Å²) in [6.45, 7) is 6.23. The second-order valence-corrected chi connectivity index (χ2v) is 13.7. The Labute approximate surface area is 290 Å². The van der Waals surface area contributed by atoms with Crippen molar-refractivity contribution in [2.24, 2.45) is 11.2 Å². The number of aromatic nitrogens is 2. The average molecular weight is 728 g/mol. The molecule has 1 unspecified atom stereocenters. The topological polar surface area (TPSA) is 169 Å². The number of carbonyl (C=O) groups is 3. The SMILES string of the molecule is Cc1ccc(-c2cc(C(F)(F)F)nn2-c2ccc(S(=O)(=O)NC(=O)[C@H](C(C)C)N(C)/[N+]([O-])=N/OC(C)N3C(=O)c4ccccc4C3=O)cc2)cc1. The van der Waals surface area contributed by atoms with Crippen molar-refractivity contribution in [1.29, 1.82) is 0 Å². The number of sulfonamides is 1. The van der Waals surface area contributed by atoms with E-state index in [0.29, 0.717) is 5.56 Å². The number of hydrogen-bond acceptors (Lipinski definition) is 9. The van der Waals surface area contributed by atoms with Gasteiger partial charge in [-0.3, -0.25) is 14.4 Å². The summed E-state index contributed by atoms with van der Waals surface area (Å²) >= 11 is 0. The summed E-state index contributed by atoms with van der Waals surface area (Å²) in [6.07, 6.45) is -6.06. The van der Waals surface area contributed by atoms with Crippen LogP contribution in [0.3, 0.4) is 0 Å². The Hall–Kier alpha value is -5.78. The molecule has 2 heterocycles. The largest absolute Gasteiger partial charge is 0.569 e. The fourth-order valence-electron chi connectivity index (χ4n) is 5.43. The molecular weight excluding hydrogens is 695 g/mol. The van der Waals surface area contributed by atoms with E-state index in [1.54, 1.807) is 50.2 Å². The Morgan fingerprint density at radius 1 is 0.980 bits per heavy atom. The molecule has 0 saturated carbocycles. The van der Waals surface area contributed by atoms with Crippen molar-refractivity contribution in [3.63, 3.8) is 0 Å². The number of nitrogens with one attached hydrogen (secondary N) is 1. The summed E-state index contributed by atoms with van der Waals surface area (Å²) in [5.74, 6) is -3.06. The van der Waals surface area contributed by atoms with E-state index in [9.17, 15) is 41.2 Å². The first-order chi connectivity index (χ1) is 23.9. The van der Waals surface area contributed by atoms with Gasteiger partial charge in [0.2, 0.25) is 11.5 Å². The number of halogens is 3. The van der Waals surface area contributed by atoms with Gasteiger partial charge in [0.05, 0.1) is 39.4 Å². The van der Waals surface area contributed by atoms with Gasteiger partial charge in [-0.05, 0) is 62.2 Å². The molecule has 0 radical (unpaired) electrons. The number of imide groups is 1. The van der Waals surface area contributed by atoms with Crippen LogP contribution in [-0.2, 0) is 25.8 Å². The first kappa shape index (κ1) is 36.5. The Kier molecular flexibility index (Phi) is 9.91. The minimum absolute atomic E-state index is 0.115. The van der Waals surface area contributed by atoms with Crippen LogP contribution in [-0.4, -0.2) is 70.1 Å². The molecule has 3 amide bonds. The van der Waals surface area contributed by atoms with Crippen molar-refractivity contribution >= 4 is 27.7 Å². The van der Waals surface area contributed by atoms with Crippen molar-refractivity contribution in [2.75, 3.05) is 7.05 Å². The molecule has 0 fully saturated rings. The fourth-order valence-corrected chi connectivity index (χ4v) is 6.42. The summed E-state index contributed by atoms with van der Waals surface area (Å²) in [5.41, 5.74) is 0.737. The zero-order valence-electron chi connectivity index (χ0n) is 27.8. The molecular formula is C33H32F3N7O7S. The van der Waals surface area contributed by atoms with Crippen molar-refractivity contribution in [3.05, 3.63) is 106 Å². The molecule has 0 aliphatic carbocycles. The Balaban J connectivity index is 1.31. The first-order valence-corrected chi connectivity index (χ1v) is 16.8. The van der Waals surface area contributed by atoms with E-state index in [4.69, 9.17) is 4.84 Å². The second kappa shape index (κ2) is 13.9. The molecule has 3 aromatic carbocycles. The van der Waals surface area contributed by atoms with Gasteiger partial charge < -0.3 is 10.0 Å². The van der Waals surface area contributed by atoms with Crippen molar-refractivity contribution in [1.82, 2.24) is 24.4 Å². The number of hydrazine groups is 1. The highest BCUT2D eigenvalue weighted by atomic mass is 32.2. The van der Waals surface area contributed by atoms with Gasteiger partial charge in [-0.1, -0.05) is 55.8 Å². The lowest BCUT2D eigenvalue weighted by molar-refractivity contribution is -0.712. The van der Waals surface area contributed by atoms with E-state index < -0.39 is 62.7 Å². The maximum absolute atomic E-state index is 13.6. The number of benzene rings is 3. The third kappa shape index (κ3) is 7.40. The van der Waals surface area contributed by atoms with E-state index in [1.165, 1.54) is 31.2 Å². The molecule has 0 saturated heterocycles. The van der Waals surface area contributed by atoms with Gasteiger partial charge in [-0.2, -0.15) is 18.3 Å². The molecule has 18 heteroatoms. The summed E-state index contributed by atoms with van der Waals surface area (Å²) in [6, 6.07) is 17.0. The van der Waals surface area contributed by atoms with Crippen LogP contribution in [0.2, 0.25) is 0 Å². The Morgan fingerprint density at radius 3 is 2.08 bits per heavy atom. The van der Waals surface area contributed by atoms with Crippen LogP contribution >= 0.6 is 0 Å². The van der Waals surface area contributed by atoms with Crippen LogP contribution in [0.4, 0.5) is 13.2 Å². The highest BCUT2D eigenvalue weighted by Gasteiger charge is 2.40. The molecule has 0 bridgehead atoms. The average Bonchev–Trinajstić information content (AvgIpc) is 3.63. The van der Waals surface area contributed by atoms with Gasteiger partial charge in [0.15, 0.2) is 11.7 Å². The maximum Gasteiger partial charge on any atom is 0.435 e. The number of amides is 3. The molecule has 2 atom stereocenters. The van der Waals surface area contributed by atoms with Gasteiger partial charge in [0.1, 0.15) is 0 Å². The monoisotopic (exact) mass is 727 g/mol. The third-order valence-electron chi connectivity index (χ3n) is 8.00. The molecule has 268 valence electrons. The summed E-state index contributed by atoms with van der Waals surface area (Å²) in [4.78, 5) is 44.1. The minimum Gasteiger partial charge on any atom is -0.569 e. The molecule has 1 aliphatic rings.